The van der Waals surface area contributed by atoms with Crippen LogP contribution in [0.2, 0.25) is 0 Å². The maximum atomic E-state index is 12.6. The Bertz CT molecular complexity index is 856. The van der Waals surface area contributed by atoms with Crippen molar-refractivity contribution in [1.29, 1.82) is 0 Å². The highest BCUT2D eigenvalue weighted by Crippen LogP contribution is 2.30. The van der Waals surface area contributed by atoms with Crippen molar-refractivity contribution in [2.24, 2.45) is 12.0 Å². The minimum absolute atomic E-state index is 0.0414. The highest BCUT2D eigenvalue weighted by atomic mass is 19.3. The van der Waals surface area contributed by atoms with Gasteiger partial charge < -0.3 is 19.7 Å². The smallest absolute Gasteiger partial charge is 0.387 e. The summed E-state index contributed by atoms with van der Waals surface area (Å²) in [7, 11) is 3.35. The molecule has 9 heteroatoms. The van der Waals surface area contributed by atoms with Crippen LogP contribution in [0.5, 0.6) is 11.5 Å². The normalized spacial score (nSPS) is 16.9. The van der Waals surface area contributed by atoms with Crippen LogP contribution >= 0.6 is 0 Å². The third kappa shape index (κ3) is 5.61. The molecule has 1 aliphatic rings. The molecule has 7 nitrogen and oxygen atoms in total. The number of benzene rings is 1. The van der Waals surface area contributed by atoms with Gasteiger partial charge in [0.2, 0.25) is 0 Å². The zero-order valence-electron chi connectivity index (χ0n) is 17.6. The topological polar surface area (TPSA) is 63.9 Å². The number of methoxy groups -OCH3 is 1. The Kier molecular flexibility index (Phi) is 7.48. The third-order valence-electron chi connectivity index (χ3n) is 5.13. The second kappa shape index (κ2) is 10.3. The van der Waals surface area contributed by atoms with Crippen molar-refractivity contribution in [3.63, 3.8) is 0 Å². The fourth-order valence-corrected chi connectivity index (χ4v) is 3.66. The number of nitrogens with one attached hydrogen (secondary N) is 1. The summed E-state index contributed by atoms with van der Waals surface area (Å²) in [5.41, 5.74) is 2.11. The first-order valence-corrected chi connectivity index (χ1v) is 10.1. The molecule has 164 valence electrons. The molecule has 0 radical (unpaired) electrons. The Morgan fingerprint density at radius 2 is 2.20 bits per heavy atom. The molecule has 1 fully saturated rings. The lowest BCUT2D eigenvalue weighted by Gasteiger charge is -2.21. The number of ether oxygens (including phenoxy) is 2. The summed E-state index contributed by atoms with van der Waals surface area (Å²) in [4.78, 5) is 7.01. The second-order valence-electron chi connectivity index (χ2n) is 7.23. The fourth-order valence-electron chi connectivity index (χ4n) is 3.66. The average molecular weight is 421 g/mol. The molecule has 1 atom stereocenters. The third-order valence-corrected chi connectivity index (χ3v) is 5.13. The number of halogens is 2. The van der Waals surface area contributed by atoms with Gasteiger partial charge in [-0.05, 0) is 43.0 Å². The van der Waals surface area contributed by atoms with E-state index in [0.29, 0.717) is 18.9 Å². The molecule has 1 aliphatic heterocycles. The van der Waals surface area contributed by atoms with E-state index in [1.807, 2.05) is 30.9 Å². The van der Waals surface area contributed by atoms with E-state index in [4.69, 9.17) is 9.73 Å². The van der Waals surface area contributed by atoms with Crippen LogP contribution in [0, 0.1) is 0 Å². The minimum atomic E-state index is -2.89. The van der Waals surface area contributed by atoms with Crippen LogP contribution in [0.3, 0.4) is 0 Å². The lowest BCUT2D eigenvalue weighted by atomic mass is 10.0. The van der Waals surface area contributed by atoms with Gasteiger partial charge in [0.15, 0.2) is 17.5 Å². The standard InChI is InChI=1S/C21H29F2N5O2/c1-4-24-21(28-10-8-16(14-28)17-12-26-27(2)13-17)25-9-7-15-5-6-18(29-3)19(11-15)30-20(22)23/h5-6,11-13,16,20H,4,7-10,14H2,1-3H3,(H,24,25). The monoisotopic (exact) mass is 421 g/mol. The van der Waals surface area contributed by atoms with Crippen LogP contribution < -0.4 is 14.8 Å². The first kappa shape index (κ1) is 21.9. The Balaban J connectivity index is 1.62. The maximum Gasteiger partial charge on any atom is 0.387 e. The van der Waals surface area contributed by atoms with Crippen molar-refractivity contribution in [3.8, 4) is 11.5 Å². The van der Waals surface area contributed by atoms with Crippen LogP contribution in [0.25, 0.3) is 0 Å². The Morgan fingerprint density at radius 1 is 1.37 bits per heavy atom. The molecule has 2 aromatic rings. The summed E-state index contributed by atoms with van der Waals surface area (Å²) in [6.07, 6.45) is 5.67. The molecule has 0 bridgehead atoms. The van der Waals surface area contributed by atoms with Gasteiger partial charge in [-0.15, -0.1) is 0 Å². The SMILES string of the molecule is CCNC(=NCCc1ccc(OC)c(OC(F)F)c1)N1CCC(c2cnn(C)c2)C1. The predicted molar refractivity (Wildman–Crippen MR) is 111 cm³/mol. The molecular weight excluding hydrogens is 392 g/mol. The van der Waals surface area contributed by atoms with E-state index in [-0.39, 0.29) is 11.5 Å². The number of alkyl halides is 2. The number of rotatable bonds is 8. The van der Waals surface area contributed by atoms with E-state index in [1.165, 1.54) is 12.7 Å². The summed E-state index contributed by atoms with van der Waals surface area (Å²) >= 11 is 0. The molecule has 0 amide bonds. The van der Waals surface area contributed by atoms with Crippen molar-refractivity contribution < 1.29 is 18.3 Å². The molecule has 2 heterocycles. The number of likely N-dealkylation sites (tertiary alicyclic amines) is 1. The number of hydrogen-bond donors (Lipinski definition) is 1. The second-order valence-corrected chi connectivity index (χ2v) is 7.23. The van der Waals surface area contributed by atoms with E-state index < -0.39 is 6.61 Å². The van der Waals surface area contributed by atoms with Crippen LogP contribution in [0.4, 0.5) is 8.78 Å². The molecule has 3 rings (SSSR count). The number of nitrogens with zero attached hydrogens (tertiary/aromatic N) is 4. The van der Waals surface area contributed by atoms with Gasteiger partial charge in [0.1, 0.15) is 0 Å². The van der Waals surface area contributed by atoms with Crippen LogP contribution in [0.15, 0.2) is 35.6 Å². The van der Waals surface area contributed by atoms with E-state index in [9.17, 15) is 8.78 Å². The van der Waals surface area contributed by atoms with Crippen molar-refractivity contribution in [2.75, 3.05) is 33.3 Å². The van der Waals surface area contributed by atoms with E-state index in [0.717, 1.165) is 37.6 Å². The van der Waals surface area contributed by atoms with Gasteiger partial charge in [-0.2, -0.15) is 13.9 Å². The maximum absolute atomic E-state index is 12.6. The lowest BCUT2D eigenvalue weighted by molar-refractivity contribution is -0.0512. The molecule has 1 N–H and O–H groups in total. The Morgan fingerprint density at radius 3 is 2.87 bits per heavy atom. The summed E-state index contributed by atoms with van der Waals surface area (Å²) in [6, 6.07) is 5.07. The Labute approximate surface area is 175 Å². The molecule has 1 aromatic heterocycles. The van der Waals surface area contributed by atoms with Crippen molar-refractivity contribution >= 4 is 5.96 Å². The van der Waals surface area contributed by atoms with Gasteiger partial charge in [-0.25, -0.2) is 0 Å². The number of hydrogen-bond acceptors (Lipinski definition) is 4. The quantitative estimate of drug-likeness (QED) is 0.524. The van der Waals surface area contributed by atoms with Crippen molar-refractivity contribution in [1.82, 2.24) is 20.0 Å². The first-order chi connectivity index (χ1) is 14.5. The molecule has 0 saturated carbocycles. The number of aromatic nitrogens is 2. The summed E-state index contributed by atoms with van der Waals surface area (Å²) in [6.45, 7) is 2.29. The highest BCUT2D eigenvalue weighted by molar-refractivity contribution is 5.80. The number of aliphatic imine (C=N–C) groups is 1. The average Bonchev–Trinajstić information content (AvgIpc) is 3.36. The molecule has 1 unspecified atom stereocenters. The van der Waals surface area contributed by atoms with Gasteiger partial charge in [-0.3, -0.25) is 9.67 Å². The van der Waals surface area contributed by atoms with Crippen molar-refractivity contribution in [2.45, 2.75) is 32.3 Å². The van der Waals surface area contributed by atoms with Gasteiger partial charge in [0.25, 0.3) is 0 Å². The molecule has 0 aliphatic carbocycles. The zero-order chi connectivity index (χ0) is 21.5. The van der Waals surface area contributed by atoms with Gasteiger partial charge in [0.05, 0.1) is 13.3 Å². The van der Waals surface area contributed by atoms with Crippen LogP contribution in [0.1, 0.15) is 30.4 Å². The molecule has 0 spiro atoms. The van der Waals surface area contributed by atoms with E-state index in [2.05, 4.69) is 26.2 Å². The molecular formula is C21H29F2N5O2. The molecule has 30 heavy (non-hydrogen) atoms. The first-order valence-electron chi connectivity index (χ1n) is 10.1. The molecule has 1 aromatic carbocycles. The summed E-state index contributed by atoms with van der Waals surface area (Å²) in [5, 5.41) is 7.63. The summed E-state index contributed by atoms with van der Waals surface area (Å²) < 4.78 is 36.7. The molecule has 1 saturated heterocycles. The zero-order valence-corrected chi connectivity index (χ0v) is 17.6. The lowest BCUT2D eigenvalue weighted by Crippen LogP contribution is -2.40. The number of guanidine groups is 1. The van der Waals surface area contributed by atoms with Gasteiger partial charge in [-0.1, -0.05) is 6.07 Å². The fraction of sp³-hybridized carbons (Fsp3) is 0.524. The van der Waals surface area contributed by atoms with E-state index >= 15 is 0 Å². The van der Waals surface area contributed by atoms with Gasteiger partial charge >= 0.3 is 6.61 Å². The predicted octanol–water partition coefficient (Wildman–Crippen LogP) is 3.03. The van der Waals surface area contributed by atoms with Crippen LogP contribution in [-0.2, 0) is 13.5 Å². The number of aryl methyl sites for hydroxylation is 1. The van der Waals surface area contributed by atoms with E-state index in [1.54, 1.807) is 12.1 Å². The highest BCUT2D eigenvalue weighted by Gasteiger charge is 2.26. The largest absolute Gasteiger partial charge is 0.493 e. The minimum Gasteiger partial charge on any atom is -0.493 e. The van der Waals surface area contributed by atoms with Crippen molar-refractivity contribution in [3.05, 3.63) is 41.7 Å². The summed E-state index contributed by atoms with van der Waals surface area (Å²) in [5.74, 6) is 1.65. The van der Waals surface area contributed by atoms with Crippen LogP contribution in [-0.4, -0.2) is 60.5 Å². The Hall–Kier alpha value is -2.84. The van der Waals surface area contributed by atoms with Gasteiger partial charge in [0, 0.05) is 45.3 Å².